The molecule has 1 nitrogen and oxygen atoms in total. The highest BCUT2D eigenvalue weighted by Gasteiger charge is 1.91. The first-order valence-electron chi connectivity index (χ1n) is 6.45. The zero-order chi connectivity index (χ0) is 10.6. The van der Waals surface area contributed by atoms with Crippen LogP contribution in [-0.2, 0) is 0 Å². The van der Waals surface area contributed by atoms with Gasteiger partial charge < -0.3 is 5.11 Å². The Morgan fingerprint density at radius 3 is 1.54 bits per heavy atom. The average Bonchev–Trinajstić information content (AvgIpc) is 2.15. The van der Waals surface area contributed by atoms with Crippen LogP contribution in [0.2, 0.25) is 0 Å². The van der Waals surface area contributed by atoms with E-state index in [1.165, 1.54) is 51.4 Å². The fourth-order valence-corrected chi connectivity index (χ4v) is 1.55. The van der Waals surface area contributed by atoms with Crippen LogP contribution in [0.15, 0.2) is 0 Å². The second-order valence-electron chi connectivity index (χ2n) is 3.80. The lowest BCUT2D eigenvalue weighted by Gasteiger charge is -2.00. The Bertz CT molecular complexity index is 104. The van der Waals surface area contributed by atoms with Crippen molar-refractivity contribution in [1.82, 2.24) is 0 Å². The van der Waals surface area contributed by atoms with Crippen molar-refractivity contribution in [3.05, 3.63) is 0 Å². The molecule has 0 radical (unpaired) electrons. The number of hydrogen-bond acceptors (Lipinski definition) is 1. The lowest BCUT2D eigenvalue weighted by molar-refractivity contribution is 0.282. The zero-order valence-electron chi connectivity index (χ0n) is 10.1. The van der Waals surface area contributed by atoms with Crippen LogP contribution in [0.3, 0.4) is 0 Å². The summed E-state index contributed by atoms with van der Waals surface area (Å²) in [6, 6.07) is 0. The molecule has 0 aromatic carbocycles. The minimum absolute atomic E-state index is 0.649. The van der Waals surface area contributed by atoms with Crippen LogP contribution < -0.4 is 0 Å². The molecule has 13 heavy (non-hydrogen) atoms. The van der Waals surface area contributed by atoms with Gasteiger partial charge in [0.25, 0.3) is 0 Å². The standard InChI is InChI=1S/C12H26O/c1-2-3-4-5-6-7-8-9-10-11-12-13/h13H,2-12H2,1H3/i12D. The van der Waals surface area contributed by atoms with Crippen molar-refractivity contribution in [1.29, 1.82) is 0 Å². The predicted molar refractivity (Wildman–Crippen MR) is 58.9 cm³/mol. The fraction of sp³-hybridized carbons (Fsp3) is 1.00. The summed E-state index contributed by atoms with van der Waals surface area (Å²) in [4.78, 5) is 0. The highest BCUT2D eigenvalue weighted by molar-refractivity contribution is 4.46. The highest BCUT2D eigenvalue weighted by atomic mass is 16.2. The van der Waals surface area contributed by atoms with Crippen LogP contribution in [0.25, 0.3) is 0 Å². The number of aliphatic hydroxyl groups excluding tert-OH is 1. The van der Waals surface area contributed by atoms with Crippen LogP contribution in [0.5, 0.6) is 0 Å². The Balaban J connectivity index is 2.85. The normalized spacial score (nSPS) is 14.2. The van der Waals surface area contributed by atoms with Gasteiger partial charge in [0.15, 0.2) is 0 Å². The van der Waals surface area contributed by atoms with Gasteiger partial charge in [0, 0.05) is 6.58 Å². The van der Waals surface area contributed by atoms with Gasteiger partial charge in [-0.05, 0) is 6.42 Å². The molecule has 0 aromatic rings. The molecule has 80 valence electrons. The Kier molecular flexibility index (Phi) is 10.2. The summed E-state index contributed by atoms with van der Waals surface area (Å²) in [7, 11) is 0. The molecular weight excluding hydrogens is 160 g/mol. The second kappa shape index (κ2) is 12.0. The van der Waals surface area contributed by atoms with Crippen LogP contribution in [0, 0.1) is 0 Å². The molecular formula is C12H26O. The van der Waals surface area contributed by atoms with Gasteiger partial charge in [-0.2, -0.15) is 0 Å². The van der Waals surface area contributed by atoms with Crippen LogP contribution in [-0.4, -0.2) is 11.7 Å². The maximum Gasteiger partial charge on any atom is 0.0564 e. The van der Waals surface area contributed by atoms with E-state index in [1.807, 2.05) is 0 Å². The van der Waals surface area contributed by atoms with Crippen molar-refractivity contribution in [2.24, 2.45) is 0 Å². The van der Waals surface area contributed by atoms with E-state index in [2.05, 4.69) is 6.92 Å². The SMILES string of the molecule is [2H]C(O)CCCCCCCCCCC. The Morgan fingerprint density at radius 2 is 1.15 bits per heavy atom. The smallest absolute Gasteiger partial charge is 0.0564 e. The molecule has 0 aliphatic carbocycles. The van der Waals surface area contributed by atoms with Crippen LogP contribution >= 0.6 is 0 Å². The Labute approximate surface area is 85.0 Å². The largest absolute Gasteiger partial charge is 0.396 e. The first-order chi connectivity index (χ1) is 6.77. The van der Waals surface area contributed by atoms with Crippen molar-refractivity contribution in [2.45, 2.75) is 71.1 Å². The third-order valence-electron chi connectivity index (χ3n) is 2.44. The van der Waals surface area contributed by atoms with E-state index in [9.17, 15) is 0 Å². The maximum absolute atomic E-state index is 8.72. The monoisotopic (exact) mass is 187 g/mol. The molecule has 0 bridgehead atoms. The van der Waals surface area contributed by atoms with E-state index in [1.54, 1.807) is 0 Å². The molecule has 0 rings (SSSR count). The molecule has 0 saturated carbocycles. The average molecular weight is 187 g/mol. The third kappa shape index (κ3) is 12.0. The molecule has 0 aliphatic rings. The minimum Gasteiger partial charge on any atom is -0.396 e. The topological polar surface area (TPSA) is 20.2 Å². The molecule has 1 unspecified atom stereocenters. The van der Waals surface area contributed by atoms with Crippen molar-refractivity contribution in [2.75, 3.05) is 6.58 Å². The summed E-state index contributed by atoms with van der Waals surface area (Å²) in [6.07, 6.45) is 12.3. The van der Waals surface area contributed by atoms with Crippen molar-refractivity contribution in [3.8, 4) is 0 Å². The number of unbranched alkanes of at least 4 members (excludes halogenated alkanes) is 8. The van der Waals surface area contributed by atoms with E-state index < -0.39 is 6.58 Å². The minimum atomic E-state index is -0.848. The number of hydrogen-bond donors (Lipinski definition) is 1. The summed E-state index contributed by atoms with van der Waals surface area (Å²) in [5, 5.41) is 8.72. The van der Waals surface area contributed by atoms with E-state index in [-0.39, 0.29) is 0 Å². The summed E-state index contributed by atoms with van der Waals surface area (Å²) in [6.45, 7) is 1.39. The van der Waals surface area contributed by atoms with Crippen molar-refractivity contribution < 1.29 is 6.48 Å². The fourth-order valence-electron chi connectivity index (χ4n) is 1.55. The lowest BCUT2D eigenvalue weighted by atomic mass is 10.1. The van der Waals surface area contributed by atoms with Crippen molar-refractivity contribution in [3.63, 3.8) is 0 Å². The van der Waals surface area contributed by atoms with E-state index in [0.29, 0.717) is 6.42 Å². The summed E-state index contributed by atoms with van der Waals surface area (Å²) in [5.41, 5.74) is 0. The van der Waals surface area contributed by atoms with Gasteiger partial charge in [-0.25, -0.2) is 0 Å². The number of rotatable bonds is 10. The van der Waals surface area contributed by atoms with E-state index in [0.717, 1.165) is 6.42 Å². The van der Waals surface area contributed by atoms with Gasteiger partial charge in [0.1, 0.15) is 0 Å². The molecule has 0 aromatic heterocycles. The maximum atomic E-state index is 8.72. The lowest BCUT2D eigenvalue weighted by Crippen LogP contribution is -1.84. The van der Waals surface area contributed by atoms with Gasteiger partial charge in [0.2, 0.25) is 0 Å². The third-order valence-corrected chi connectivity index (χ3v) is 2.44. The molecule has 0 amide bonds. The van der Waals surface area contributed by atoms with Gasteiger partial charge >= 0.3 is 0 Å². The first kappa shape index (κ1) is 11.0. The molecule has 0 fully saturated rings. The van der Waals surface area contributed by atoms with Crippen LogP contribution in [0.1, 0.15) is 72.5 Å². The molecule has 1 N–H and O–H groups in total. The molecule has 0 heterocycles. The Hall–Kier alpha value is -0.0400. The van der Waals surface area contributed by atoms with Gasteiger partial charge in [-0.3, -0.25) is 0 Å². The van der Waals surface area contributed by atoms with Crippen LogP contribution in [0.4, 0.5) is 0 Å². The van der Waals surface area contributed by atoms with E-state index >= 15 is 0 Å². The van der Waals surface area contributed by atoms with Gasteiger partial charge in [-0.1, -0.05) is 64.7 Å². The second-order valence-corrected chi connectivity index (χ2v) is 3.80. The molecule has 0 aliphatic heterocycles. The molecule has 1 atom stereocenters. The predicted octanol–water partition coefficient (Wildman–Crippen LogP) is 3.90. The Morgan fingerprint density at radius 1 is 0.769 bits per heavy atom. The van der Waals surface area contributed by atoms with Gasteiger partial charge in [0.05, 0.1) is 1.37 Å². The van der Waals surface area contributed by atoms with E-state index in [4.69, 9.17) is 6.48 Å². The summed E-state index contributed by atoms with van der Waals surface area (Å²) < 4.78 is 6.93. The van der Waals surface area contributed by atoms with Crippen molar-refractivity contribution >= 4 is 0 Å². The summed E-state index contributed by atoms with van der Waals surface area (Å²) in [5.74, 6) is 0. The number of aliphatic hydroxyl groups is 1. The zero-order valence-corrected chi connectivity index (χ0v) is 9.10. The quantitative estimate of drug-likeness (QED) is 0.514. The molecule has 0 spiro atoms. The first-order valence-corrected chi connectivity index (χ1v) is 5.87. The molecule has 0 saturated heterocycles. The molecule has 1 heteroatoms. The van der Waals surface area contributed by atoms with Gasteiger partial charge in [-0.15, -0.1) is 0 Å². The summed E-state index contributed by atoms with van der Waals surface area (Å²) >= 11 is 0. The highest BCUT2D eigenvalue weighted by Crippen LogP contribution is 2.09.